The van der Waals surface area contributed by atoms with E-state index in [-0.39, 0.29) is 32.2 Å². The average Bonchev–Trinajstić information content (AvgIpc) is 3.34. The highest BCUT2D eigenvalue weighted by molar-refractivity contribution is 5.71. The lowest BCUT2D eigenvalue weighted by Gasteiger charge is -2.25. The highest BCUT2D eigenvalue weighted by atomic mass is 16.7. The molecule has 9 nitrogen and oxygen atoms in total. The smallest absolute Gasteiger partial charge is 0.361 e. The molecule has 0 spiro atoms. The lowest BCUT2D eigenvalue weighted by Crippen LogP contribution is -2.40. The molecule has 2 unspecified atom stereocenters. The van der Waals surface area contributed by atoms with Gasteiger partial charge in [0.1, 0.15) is 13.2 Å². The quantitative estimate of drug-likeness (QED) is 0.0211. The minimum absolute atomic E-state index is 0.184. The van der Waals surface area contributed by atoms with E-state index in [2.05, 4.69) is 111 Å². The van der Waals surface area contributed by atoms with E-state index in [0.717, 1.165) is 89.9 Å². The summed E-state index contributed by atoms with van der Waals surface area (Å²) in [6, 6.07) is 0. The van der Waals surface area contributed by atoms with E-state index in [1.165, 1.54) is 103 Å². The number of esters is 2. The molecule has 0 aliphatic heterocycles. The zero-order chi connectivity index (χ0) is 52.0. The van der Waals surface area contributed by atoms with Gasteiger partial charge in [-0.3, -0.25) is 9.59 Å². The summed E-state index contributed by atoms with van der Waals surface area (Å²) >= 11 is 0. The van der Waals surface area contributed by atoms with Crippen LogP contribution in [-0.4, -0.2) is 87.4 Å². The highest BCUT2D eigenvalue weighted by Crippen LogP contribution is 2.15. The summed E-state index contributed by atoms with van der Waals surface area (Å²) in [6.07, 6.45) is 68.1. The Balaban J connectivity index is 3.98. The number of carboxylic acids is 1. The summed E-state index contributed by atoms with van der Waals surface area (Å²) in [6.45, 7) is 4.70. The summed E-state index contributed by atoms with van der Waals surface area (Å²) in [5.41, 5.74) is 0. The third-order valence-electron chi connectivity index (χ3n) is 11.9. The number of unbranched alkanes of at least 4 members (excludes halogenated alkanes) is 20. The van der Waals surface area contributed by atoms with Gasteiger partial charge in [0, 0.05) is 12.8 Å². The fraction of sp³-hybridized carbons (Fsp3) is 0.694. The Bertz CT molecular complexity index is 1480. The average molecular weight is 994 g/mol. The molecule has 0 saturated heterocycles. The monoisotopic (exact) mass is 993 g/mol. The fourth-order valence-corrected chi connectivity index (χ4v) is 7.50. The van der Waals surface area contributed by atoms with Gasteiger partial charge in [0.2, 0.25) is 0 Å². The normalized spacial score (nSPS) is 13.5. The largest absolute Gasteiger partial charge is 0.477 e. The molecule has 0 heterocycles. The third kappa shape index (κ3) is 53.8. The van der Waals surface area contributed by atoms with Crippen LogP contribution in [0, 0.1) is 0 Å². The SMILES string of the molecule is CC/C=C\C/C=C\C/C=C\C/C=C\C/C=C\C/C=C\C/C=C\C/C=C\CCCCCCCCCCCCCCCCC(=O)OC(COC(=O)CCCCCCCCC)COC(OCC[N+](C)(C)C)C(=O)O. The topological polar surface area (TPSA) is 108 Å². The lowest BCUT2D eigenvalue weighted by molar-refractivity contribution is -0.870. The Labute approximate surface area is 435 Å². The van der Waals surface area contributed by atoms with Crippen LogP contribution in [0.4, 0.5) is 0 Å². The molecule has 71 heavy (non-hydrogen) atoms. The maximum Gasteiger partial charge on any atom is 0.361 e. The molecule has 0 aromatic rings. The number of quaternary nitrogens is 1. The maximum atomic E-state index is 12.8. The molecular formula is C62H106NO8+. The second-order valence-electron chi connectivity index (χ2n) is 19.9. The van der Waals surface area contributed by atoms with Crippen molar-refractivity contribution in [1.29, 1.82) is 0 Å². The van der Waals surface area contributed by atoms with Crippen LogP contribution in [0.5, 0.6) is 0 Å². The summed E-state index contributed by atoms with van der Waals surface area (Å²) in [7, 11) is 5.95. The van der Waals surface area contributed by atoms with Crippen molar-refractivity contribution in [3.8, 4) is 0 Å². The van der Waals surface area contributed by atoms with Crippen molar-refractivity contribution in [2.45, 2.75) is 232 Å². The van der Waals surface area contributed by atoms with E-state index in [0.29, 0.717) is 17.4 Å². The maximum absolute atomic E-state index is 12.8. The molecule has 0 rings (SSSR count). The number of hydrogen-bond acceptors (Lipinski definition) is 7. The van der Waals surface area contributed by atoms with Crippen molar-refractivity contribution in [3.05, 3.63) is 97.2 Å². The zero-order valence-electron chi connectivity index (χ0n) is 46.1. The predicted octanol–water partition coefficient (Wildman–Crippen LogP) is 16.6. The number of nitrogens with zero attached hydrogens (tertiary/aromatic N) is 1. The van der Waals surface area contributed by atoms with Crippen molar-refractivity contribution in [3.63, 3.8) is 0 Å². The Morgan fingerprint density at radius 1 is 0.437 bits per heavy atom. The van der Waals surface area contributed by atoms with Crippen LogP contribution in [0.2, 0.25) is 0 Å². The van der Waals surface area contributed by atoms with Gasteiger partial charge in [-0.05, 0) is 77.0 Å². The van der Waals surface area contributed by atoms with E-state index in [9.17, 15) is 19.5 Å². The van der Waals surface area contributed by atoms with Gasteiger partial charge in [0.05, 0.1) is 34.4 Å². The second-order valence-corrected chi connectivity index (χ2v) is 19.9. The molecule has 406 valence electrons. The molecule has 0 amide bonds. The van der Waals surface area contributed by atoms with Crippen LogP contribution in [0.15, 0.2) is 97.2 Å². The summed E-state index contributed by atoms with van der Waals surface area (Å²) in [5.74, 6) is -2.02. The van der Waals surface area contributed by atoms with Crippen LogP contribution >= 0.6 is 0 Å². The predicted molar refractivity (Wildman–Crippen MR) is 299 cm³/mol. The number of likely N-dealkylation sites (N-methyl/N-ethyl adjacent to an activating group) is 1. The van der Waals surface area contributed by atoms with Gasteiger partial charge in [-0.25, -0.2) is 4.79 Å². The molecule has 9 heteroatoms. The molecule has 1 N–H and O–H groups in total. The van der Waals surface area contributed by atoms with Gasteiger partial charge in [-0.15, -0.1) is 0 Å². The number of rotatable bonds is 51. The number of carbonyl (C=O) groups is 3. The van der Waals surface area contributed by atoms with Crippen LogP contribution in [0.3, 0.4) is 0 Å². The van der Waals surface area contributed by atoms with Gasteiger partial charge in [0.25, 0.3) is 6.29 Å². The third-order valence-corrected chi connectivity index (χ3v) is 11.9. The van der Waals surface area contributed by atoms with Crippen LogP contribution in [0.25, 0.3) is 0 Å². The molecule has 0 aromatic carbocycles. The molecule has 0 fully saturated rings. The number of carbonyl (C=O) groups excluding carboxylic acids is 2. The second kappa shape index (κ2) is 52.5. The van der Waals surface area contributed by atoms with Crippen LogP contribution < -0.4 is 0 Å². The number of ether oxygens (including phenoxy) is 4. The molecule has 0 aromatic heterocycles. The van der Waals surface area contributed by atoms with Crippen LogP contribution in [-0.2, 0) is 33.3 Å². The Kier molecular flexibility index (Phi) is 49.7. The van der Waals surface area contributed by atoms with E-state index >= 15 is 0 Å². The molecular weight excluding hydrogens is 887 g/mol. The fourth-order valence-electron chi connectivity index (χ4n) is 7.50. The Morgan fingerprint density at radius 3 is 1.20 bits per heavy atom. The summed E-state index contributed by atoms with van der Waals surface area (Å²) in [4.78, 5) is 37.1. The molecule has 0 saturated carbocycles. The van der Waals surface area contributed by atoms with Gasteiger partial charge in [0.15, 0.2) is 6.10 Å². The van der Waals surface area contributed by atoms with E-state index in [1.807, 2.05) is 21.1 Å². The lowest BCUT2D eigenvalue weighted by atomic mass is 10.0. The Morgan fingerprint density at radius 2 is 0.803 bits per heavy atom. The van der Waals surface area contributed by atoms with Crippen molar-refractivity contribution >= 4 is 17.9 Å². The molecule has 0 bridgehead atoms. The van der Waals surface area contributed by atoms with Gasteiger partial charge >= 0.3 is 17.9 Å². The van der Waals surface area contributed by atoms with E-state index in [1.54, 1.807) is 0 Å². The first-order valence-corrected chi connectivity index (χ1v) is 28.4. The number of aliphatic carboxylic acids is 1. The van der Waals surface area contributed by atoms with Crippen molar-refractivity contribution < 1.29 is 42.9 Å². The van der Waals surface area contributed by atoms with Gasteiger partial charge < -0.3 is 28.5 Å². The molecule has 0 aliphatic rings. The summed E-state index contributed by atoms with van der Waals surface area (Å²) in [5, 5.41) is 9.64. The van der Waals surface area contributed by atoms with Crippen molar-refractivity contribution in [2.24, 2.45) is 0 Å². The minimum Gasteiger partial charge on any atom is -0.477 e. The highest BCUT2D eigenvalue weighted by Gasteiger charge is 2.25. The minimum atomic E-state index is -1.51. The molecule has 0 aliphatic carbocycles. The number of hydrogen-bond donors (Lipinski definition) is 1. The van der Waals surface area contributed by atoms with Crippen LogP contribution in [0.1, 0.15) is 219 Å². The Hall–Kier alpha value is -3.79. The van der Waals surface area contributed by atoms with Crippen molar-refractivity contribution in [2.75, 3.05) is 47.5 Å². The number of carboxylic acid groups (broad SMARTS) is 1. The molecule has 0 radical (unpaired) electrons. The van der Waals surface area contributed by atoms with Gasteiger partial charge in [-0.1, -0.05) is 227 Å². The van der Waals surface area contributed by atoms with E-state index in [4.69, 9.17) is 18.9 Å². The van der Waals surface area contributed by atoms with Gasteiger partial charge in [-0.2, -0.15) is 0 Å². The first kappa shape index (κ1) is 67.2. The standard InChI is InChI=1S/C62H105NO8/c1-6-8-10-12-14-15-16-17-18-19-20-21-22-23-24-25-26-27-28-29-30-31-32-33-34-35-36-37-38-39-40-41-42-43-44-45-47-49-51-53-60(65)71-58(56-69-59(64)52-50-48-46-13-11-9-7-2)57-70-62(61(66)67)68-55-54-63(3,4)5/h8,10,14-15,17-18,20-21,23-24,26-27,29-30,32-33,58,62H,6-7,9,11-13,16,19,22,25,28,31,34-57H2,1-5H3/p+1/b10-8-,15-14-,18-17-,21-20-,24-23-,27-26-,30-29-,33-32-. The number of allylic oxidation sites excluding steroid dienone is 16. The van der Waals surface area contributed by atoms with Crippen molar-refractivity contribution in [1.82, 2.24) is 0 Å². The summed E-state index contributed by atoms with van der Waals surface area (Å²) < 4.78 is 22.7. The zero-order valence-corrected chi connectivity index (χ0v) is 46.1. The van der Waals surface area contributed by atoms with E-state index < -0.39 is 24.3 Å². The first-order chi connectivity index (χ1) is 34.6. The molecule has 2 atom stereocenters. The first-order valence-electron chi connectivity index (χ1n) is 28.4.